The molecule has 3 aliphatic rings. The van der Waals surface area contributed by atoms with Crippen molar-refractivity contribution in [3.05, 3.63) is 29.8 Å². The number of imide groups is 1. The molecule has 3 heterocycles. The molecule has 3 aliphatic heterocycles. The monoisotopic (exact) mass is 401 g/mol. The SMILES string of the molecule is COc1ccc(CN2C(=O)[C@@H]3C[C@@H](O)CN3C3(CN(CC(C)(C)C)C3)C2=O)cc1. The molecule has 0 aromatic heterocycles. The van der Waals surface area contributed by atoms with Gasteiger partial charge in [0.1, 0.15) is 11.3 Å². The van der Waals surface area contributed by atoms with Gasteiger partial charge in [-0.2, -0.15) is 0 Å². The van der Waals surface area contributed by atoms with Crippen LogP contribution < -0.4 is 4.74 Å². The number of piperazine rings is 1. The molecule has 0 aliphatic carbocycles. The Kier molecular flexibility index (Phi) is 4.96. The fourth-order valence-electron chi connectivity index (χ4n) is 5.03. The second-order valence-corrected chi connectivity index (χ2v) is 9.87. The van der Waals surface area contributed by atoms with Crippen molar-refractivity contribution in [1.29, 1.82) is 0 Å². The van der Waals surface area contributed by atoms with Gasteiger partial charge in [-0.3, -0.25) is 24.3 Å². The first-order valence-corrected chi connectivity index (χ1v) is 10.3. The molecule has 4 rings (SSSR count). The van der Waals surface area contributed by atoms with E-state index in [-0.39, 0.29) is 23.8 Å². The quantitative estimate of drug-likeness (QED) is 0.762. The lowest BCUT2D eigenvalue weighted by Gasteiger charge is -2.59. The average Bonchev–Trinajstić information content (AvgIpc) is 3.02. The number of hydrogen-bond donors (Lipinski definition) is 1. The van der Waals surface area contributed by atoms with E-state index in [1.165, 1.54) is 4.90 Å². The van der Waals surface area contributed by atoms with E-state index in [1.807, 2.05) is 29.2 Å². The number of likely N-dealkylation sites (tertiary alicyclic amines) is 1. The molecule has 1 aromatic rings. The number of carbonyl (C=O) groups is 2. The van der Waals surface area contributed by atoms with Gasteiger partial charge in [-0.1, -0.05) is 32.9 Å². The summed E-state index contributed by atoms with van der Waals surface area (Å²) in [5.74, 6) is 0.416. The smallest absolute Gasteiger partial charge is 0.252 e. The third-order valence-electron chi connectivity index (χ3n) is 6.19. The molecule has 0 unspecified atom stereocenters. The molecule has 29 heavy (non-hydrogen) atoms. The standard InChI is InChI=1S/C22H31N3O4/c1-21(2,3)12-23-13-22(14-23)20(28)24(10-15-5-7-17(29-4)8-6-15)19(27)18-9-16(26)11-25(18)22/h5-8,16,18,26H,9-14H2,1-4H3/t16-,18+/m1/s1. The third kappa shape index (κ3) is 3.56. The number of aliphatic hydroxyl groups is 1. The Labute approximate surface area is 172 Å². The summed E-state index contributed by atoms with van der Waals surface area (Å²) in [5.41, 5.74) is 0.329. The summed E-state index contributed by atoms with van der Waals surface area (Å²) >= 11 is 0. The van der Waals surface area contributed by atoms with Gasteiger partial charge in [0.15, 0.2) is 0 Å². The van der Waals surface area contributed by atoms with Crippen molar-refractivity contribution in [2.75, 3.05) is 33.3 Å². The summed E-state index contributed by atoms with van der Waals surface area (Å²) in [6.45, 7) is 9.31. The Balaban J connectivity index is 1.58. The van der Waals surface area contributed by atoms with Crippen LogP contribution in [-0.2, 0) is 16.1 Å². The number of aliphatic hydroxyl groups excluding tert-OH is 1. The summed E-state index contributed by atoms with van der Waals surface area (Å²) in [7, 11) is 1.61. The molecule has 7 nitrogen and oxygen atoms in total. The van der Waals surface area contributed by atoms with Crippen LogP contribution in [-0.4, -0.2) is 82.6 Å². The summed E-state index contributed by atoms with van der Waals surface area (Å²) in [4.78, 5) is 32.4. The molecule has 0 bridgehead atoms. The predicted octanol–water partition coefficient (Wildman–Crippen LogP) is 1.10. The van der Waals surface area contributed by atoms with Gasteiger partial charge >= 0.3 is 0 Å². The summed E-state index contributed by atoms with van der Waals surface area (Å²) < 4.78 is 5.19. The van der Waals surface area contributed by atoms with Gasteiger partial charge < -0.3 is 9.84 Å². The van der Waals surface area contributed by atoms with Crippen molar-refractivity contribution in [3.63, 3.8) is 0 Å². The number of β-amino-alcohol motifs (C(OH)–C–C–N with tert-alkyl or cyclic N) is 1. The number of amides is 2. The first kappa shape index (κ1) is 20.3. The second kappa shape index (κ2) is 7.07. The van der Waals surface area contributed by atoms with Crippen molar-refractivity contribution in [3.8, 4) is 5.75 Å². The number of methoxy groups -OCH3 is 1. The van der Waals surface area contributed by atoms with Crippen molar-refractivity contribution >= 4 is 11.8 Å². The molecule has 0 radical (unpaired) electrons. The predicted molar refractivity (Wildman–Crippen MR) is 108 cm³/mol. The summed E-state index contributed by atoms with van der Waals surface area (Å²) in [6, 6.07) is 7.02. The minimum atomic E-state index is -0.701. The highest BCUT2D eigenvalue weighted by molar-refractivity contribution is 6.06. The van der Waals surface area contributed by atoms with E-state index in [0.717, 1.165) is 17.9 Å². The minimum absolute atomic E-state index is 0.131. The van der Waals surface area contributed by atoms with Crippen LogP contribution in [0.1, 0.15) is 32.8 Å². The van der Waals surface area contributed by atoms with E-state index in [2.05, 4.69) is 25.7 Å². The van der Waals surface area contributed by atoms with Gasteiger partial charge in [-0.15, -0.1) is 0 Å². The van der Waals surface area contributed by atoms with Crippen molar-refractivity contribution in [2.45, 2.75) is 51.4 Å². The minimum Gasteiger partial charge on any atom is -0.497 e. The first-order chi connectivity index (χ1) is 13.6. The van der Waals surface area contributed by atoms with Crippen LogP contribution in [0.25, 0.3) is 0 Å². The number of ether oxygens (including phenoxy) is 1. The Bertz CT molecular complexity index is 795. The first-order valence-electron chi connectivity index (χ1n) is 10.3. The lowest BCUT2D eigenvalue weighted by molar-refractivity contribution is -0.181. The molecule has 158 valence electrons. The molecular formula is C22H31N3O4. The molecule has 7 heteroatoms. The topological polar surface area (TPSA) is 73.3 Å². The van der Waals surface area contributed by atoms with Crippen LogP contribution in [0.2, 0.25) is 0 Å². The maximum absolute atomic E-state index is 13.6. The van der Waals surface area contributed by atoms with E-state index < -0.39 is 17.7 Å². The van der Waals surface area contributed by atoms with Crippen LogP contribution in [0.4, 0.5) is 0 Å². The van der Waals surface area contributed by atoms with Gasteiger partial charge in [0, 0.05) is 26.2 Å². The molecule has 2 amide bonds. The Morgan fingerprint density at radius 1 is 1.17 bits per heavy atom. The van der Waals surface area contributed by atoms with Gasteiger partial charge in [-0.25, -0.2) is 0 Å². The van der Waals surface area contributed by atoms with Gasteiger partial charge in [0.05, 0.1) is 25.8 Å². The van der Waals surface area contributed by atoms with Gasteiger partial charge in [-0.05, 0) is 29.5 Å². The van der Waals surface area contributed by atoms with Crippen LogP contribution in [0.5, 0.6) is 5.75 Å². The fraction of sp³-hybridized carbons (Fsp3) is 0.636. The van der Waals surface area contributed by atoms with Crippen molar-refractivity contribution < 1.29 is 19.4 Å². The third-order valence-corrected chi connectivity index (χ3v) is 6.19. The van der Waals surface area contributed by atoms with Crippen molar-refractivity contribution in [2.24, 2.45) is 5.41 Å². The number of hydrogen-bond acceptors (Lipinski definition) is 6. The molecule has 3 fully saturated rings. The maximum atomic E-state index is 13.6. The van der Waals surface area contributed by atoms with Crippen LogP contribution in [0.3, 0.4) is 0 Å². The largest absolute Gasteiger partial charge is 0.497 e. The molecule has 2 atom stereocenters. The van der Waals surface area contributed by atoms with Crippen LogP contribution in [0.15, 0.2) is 24.3 Å². The number of rotatable bonds is 4. The second-order valence-electron chi connectivity index (χ2n) is 9.87. The number of carbonyl (C=O) groups excluding carboxylic acids is 2. The van der Waals surface area contributed by atoms with Crippen molar-refractivity contribution in [1.82, 2.24) is 14.7 Å². The highest BCUT2D eigenvalue weighted by atomic mass is 16.5. The van der Waals surface area contributed by atoms with Crippen LogP contribution in [0, 0.1) is 5.41 Å². The summed E-state index contributed by atoms with van der Waals surface area (Å²) in [5, 5.41) is 10.3. The lowest BCUT2D eigenvalue weighted by Crippen LogP contribution is -2.81. The highest BCUT2D eigenvalue weighted by Gasteiger charge is 2.64. The molecule has 1 N–H and O–H groups in total. The highest BCUT2D eigenvalue weighted by Crippen LogP contribution is 2.41. The van der Waals surface area contributed by atoms with Gasteiger partial charge in [0.25, 0.3) is 5.91 Å². The van der Waals surface area contributed by atoms with E-state index in [4.69, 9.17) is 4.74 Å². The Hall–Kier alpha value is -1.96. The molecule has 0 saturated carbocycles. The molecular weight excluding hydrogens is 370 g/mol. The molecule has 1 spiro atoms. The van der Waals surface area contributed by atoms with Crippen LogP contribution >= 0.6 is 0 Å². The Morgan fingerprint density at radius 2 is 1.83 bits per heavy atom. The number of nitrogens with zero attached hydrogens (tertiary/aromatic N) is 3. The lowest BCUT2D eigenvalue weighted by atomic mass is 9.80. The zero-order valence-corrected chi connectivity index (χ0v) is 17.7. The number of benzene rings is 1. The van der Waals surface area contributed by atoms with Gasteiger partial charge in [0.2, 0.25) is 5.91 Å². The average molecular weight is 402 g/mol. The maximum Gasteiger partial charge on any atom is 0.252 e. The van der Waals surface area contributed by atoms with E-state index in [9.17, 15) is 14.7 Å². The Morgan fingerprint density at radius 3 is 2.41 bits per heavy atom. The molecule has 1 aromatic carbocycles. The zero-order valence-electron chi connectivity index (χ0n) is 17.7. The number of fused-ring (bicyclic) bond motifs is 2. The van der Waals surface area contributed by atoms with E-state index in [0.29, 0.717) is 26.1 Å². The van der Waals surface area contributed by atoms with E-state index in [1.54, 1.807) is 7.11 Å². The summed E-state index contributed by atoms with van der Waals surface area (Å²) in [6.07, 6.45) is -0.169. The normalized spacial score (nSPS) is 27.3. The zero-order chi connectivity index (χ0) is 21.0. The van der Waals surface area contributed by atoms with E-state index >= 15 is 0 Å². The molecule has 3 saturated heterocycles. The fourth-order valence-corrected chi connectivity index (χ4v) is 5.03.